The highest BCUT2D eigenvalue weighted by atomic mass is 32.1. The van der Waals surface area contributed by atoms with Crippen LogP contribution in [0.5, 0.6) is 0 Å². The second-order valence-corrected chi connectivity index (χ2v) is 6.25. The number of hydrogen-bond acceptors (Lipinski definition) is 5. The number of amides is 2. The SMILES string of the molecule is CC(NC(=O)c1sc2cnccc2c1N)C(=O)NC1CC1. The molecule has 2 heterocycles. The molecule has 1 atom stereocenters. The van der Waals surface area contributed by atoms with Gasteiger partial charge < -0.3 is 16.4 Å². The minimum absolute atomic E-state index is 0.160. The Balaban J connectivity index is 1.74. The first kappa shape index (κ1) is 13.8. The van der Waals surface area contributed by atoms with E-state index < -0.39 is 6.04 Å². The molecule has 21 heavy (non-hydrogen) atoms. The van der Waals surface area contributed by atoms with Crippen molar-refractivity contribution < 1.29 is 9.59 Å². The zero-order valence-electron chi connectivity index (χ0n) is 11.6. The van der Waals surface area contributed by atoms with Crippen molar-refractivity contribution in [2.24, 2.45) is 0 Å². The van der Waals surface area contributed by atoms with Crippen molar-refractivity contribution in [2.45, 2.75) is 31.8 Å². The molecule has 1 saturated carbocycles. The fourth-order valence-corrected chi connectivity index (χ4v) is 3.01. The number of carbonyl (C=O) groups is 2. The summed E-state index contributed by atoms with van der Waals surface area (Å²) in [6, 6.07) is 1.47. The maximum Gasteiger partial charge on any atom is 0.264 e. The Labute approximate surface area is 125 Å². The molecule has 3 rings (SSSR count). The van der Waals surface area contributed by atoms with Gasteiger partial charge in [-0.15, -0.1) is 11.3 Å². The van der Waals surface area contributed by atoms with E-state index in [1.54, 1.807) is 25.4 Å². The zero-order chi connectivity index (χ0) is 15.0. The van der Waals surface area contributed by atoms with Crippen LogP contribution < -0.4 is 16.4 Å². The van der Waals surface area contributed by atoms with E-state index in [0.29, 0.717) is 10.6 Å². The number of aromatic nitrogens is 1. The van der Waals surface area contributed by atoms with Crippen molar-refractivity contribution in [3.63, 3.8) is 0 Å². The van der Waals surface area contributed by atoms with Crippen LogP contribution in [-0.4, -0.2) is 28.9 Å². The van der Waals surface area contributed by atoms with Crippen LogP contribution in [0.25, 0.3) is 10.1 Å². The van der Waals surface area contributed by atoms with E-state index >= 15 is 0 Å². The van der Waals surface area contributed by atoms with Gasteiger partial charge in [0, 0.05) is 23.8 Å². The third-order valence-corrected chi connectivity index (χ3v) is 4.56. The number of nitrogen functional groups attached to an aromatic ring is 1. The van der Waals surface area contributed by atoms with Gasteiger partial charge in [0.1, 0.15) is 10.9 Å². The Bertz CT molecular complexity index is 708. The molecule has 0 radical (unpaired) electrons. The maximum absolute atomic E-state index is 12.3. The molecular formula is C14H16N4O2S. The molecule has 1 aliphatic carbocycles. The van der Waals surface area contributed by atoms with Crippen LogP contribution in [0.2, 0.25) is 0 Å². The van der Waals surface area contributed by atoms with Crippen LogP contribution in [-0.2, 0) is 4.79 Å². The van der Waals surface area contributed by atoms with Gasteiger partial charge in [0.15, 0.2) is 0 Å². The Morgan fingerprint density at radius 2 is 2.24 bits per heavy atom. The van der Waals surface area contributed by atoms with Crippen LogP contribution >= 0.6 is 11.3 Å². The highest BCUT2D eigenvalue weighted by molar-refractivity contribution is 7.21. The van der Waals surface area contributed by atoms with Crippen molar-refractivity contribution in [3.8, 4) is 0 Å². The molecule has 6 nitrogen and oxygen atoms in total. The number of pyridine rings is 1. The van der Waals surface area contributed by atoms with Gasteiger partial charge in [0.25, 0.3) is 5.91 Å². The van der Waals surface area contributed by atoms with E-state index in [1.165, 1.54) is 11.3 Å². The van der Waals surface area contributed by atoms with Crippen molar-refractivity contribution in [2.75, 3.05) is 5.73 Å². The number of nitrogens with zero attached hydrogens (tertiary/aromatic N) is 1. The topological polar surface area (TPSA) is 97.1 Å². The Morgan fingerprint density at radius 1 is 1.48 bits per heavy atom. The molecule has 1 aliphatic rings. The Morgan fingerprint density at radius 3 is 2.90 bits per heavy atom. The lowest BCUT2D eigenvalue weighted by Crippen LogP contribution is -2.45. The molecule has 2 amide bonds. The second-order valence-electron chi connectivity index (χ2n) is 5.19. The third-order valence-electron chi connectivity index (χ3n) is 3.40. The van der Waals surface area contributed by atoms with Crippen LogP contribution in [0.4, 0.5) is 5.69 Å². The average Bonchev–Trinajstić information content (AvgIpc) is 3.21. The lowest BCUT2D eigenvalue weighted by molar-refractivity contribution is -0.122. The van der Waals surface area contributed by atoms with Crippen LogP contribution in [0.15, 0.2) is 18.5 Å². The standard InChI is InChI=1S/C14H16N4O2S/c1-7(13(19)18-8-2-3-8)17-14(20)12-11(15)9-4-5-16-6-10(9)21-12/h4-8H,2-3,15H2,1H3,(H,17,20)(H,18,19). The summed E-state index contributed by atoms with van der Waals surface area (Å²) in [6.07, 6.45) is 5.35. The van der Waals surface area contributed by atoms with E-state index in [-0.39, 0.29) is 17.9 Å². The van der Waals surface area contributed by atoms with Gasteiger partial charge in [-0.3, -0.25) is 14.6 Å². The number of nitrogens with two attached hydrogens (primary N) is 1. The molecule has 4 N–H and O–H groups in total. The number of anilines is 1. The van der Waals surface area contributed by atoms with E-state index in [9.17, 15) is 9.59 Å². The van der Waals surface area contributed by atoms with Crippen LogP contribution in [0.3, 0.4) is 0 Å². The van der Waals surface area contributed by atoms with E-state index in [4.69, 9.17) is 5.73 Å². The summed E-state index contributed by atoms with van der Waals surface area (Å²) in [7, 11) is 0. The van der Waals surface area contributed by atoms with Crippen LogP contribution in [0, 0.1) is 0 Å². The molecule has 110 valence electrons. The number of carbonyl (C=O) groups excluding carboxylic acids is 2. The molecule has 0 aliphatic heterocycles. The van der Waals surface area contributed by atoms with Gasteiger partial charge in [-0.25, -0.2) is 0 Å². The highest BCUT2D eigenvalue weighted by Crippen LogP contribution is 2.32. The Kier molecular flexibility index (Phi) is 3.50. The van der Waals surface area contributed by atoms with Gasteiger partial charge in [0.2, 0.25) is 5.91 Å². The fraction of sp³-hybridized carbons (Fsp3) is 0.357. The maximum atomic E-state index is 12.3. The van der Waals surface area contributed by atoms with Crippen molar-refractivity contribution >= 4 is 38.9 Å². The first-order valence-corrected chi connectivity index (χ1v) is 7.61. The third kappa shape index (κ3) is 2.82. The molecule has 1 unspecified atom stereocenters. The molecule has 0 bridgehead atoms. The molecular weight excluding hydrogens is 288 g/mol. The second kappa shape index (κ2) is 5.33. The van der Waals surface area contributed by atoms with Gasteiger partial charge in [-0.1, -0.05) is 0 Å². The molecule has 1 fully saturated rings. The summed E-state index contributed by atoms with van der Waals surface area (Å²) >= 11 is 1.28. The summed E-state index contributed by atoms with van der Waals surface area (Å²) in [6.45, 7) is 1.67. The Hall–Kier alpha value is -2.15. The monoisotopic (exact) mass is 304 g/mol. The van der Waals surface area contributed by atoms with Gasteiger partial charge >= 0.3 is 0 Å². The summed E-state index contributed by atoms with van der Waals surface area (Å²) in [4.78, 5) is 28.6. The van der Waals surface area contributed by atoms with E-state index in [1.807, 2.05) is 0 Å². The largest absolute Gasteiger partial charge is 0.397 e. The normalized spacial score (nSPS) is 15.7. The number of fused-ring (bicyclic) bond motifs is 1. The van der Waals surface area contributed by atoms with E-state index in [2.05, 4.69) is 15.6 Å². The van der Waals surface area contributed by atoms with Gasteiger partial charge in [0.05, 0.1) is 10.4 Å². The lowest BCUT2D eigenvalue weighted by Gasteiger charge is -2.13. The minimum atomic E-state index is -0.583. The van der Waals surface area contributed by atoms with Crippen molar-refractivity contribution in [1.29, 1.82) is 0 Å². The molecule has 0 aromatic carbocycles. The highest BCUT2D eigenvalue weighted by Gasteiger charge is 2.27. The predicted molar refractivity (Wildman–Crippen MR) is 82.1 cm³/mol. The number of rotatable bonds is 4. The smallest absolute Gasteiger partial charge is 0.264 e. The number of thiophene rings is 1. The molecule has 2 aromatic heterocycles. The van der Waals surface area contributed by atoms with Crippen LogP contribution in [0.1, 0.15) is 29.4 Å². The zero-order valence-corrected chi connectivity index (χ0v) is 12.4. The first-order valence-electron chi connectivity index (χ1n) is 6.79. The summed E-state index contributed by atoms with van der Waals surface area (Å²) in [5.41, 5.74) is 6.44. The minimum Gasteiger partial charge on any atom is -0.397 e. The summed E-state index contributed by atoms with van der Waals surface area (Å²) in [5.74, 6) is -0.487. The molecule has 0 spiro atoms. The number of hydrogen-bond donors (Lipinski definition) is 3. The quantitative estimate of drug-likeness (QED) is 0.792. The van der Waals surface area contributed by atoms with Crippen molar-refractivity contribution in [1.82, 2.24) is 15.6 Å². The average molecular weight is 304 g/mol. The fourth-order valence-electron chi connectivity index (χ4n) is 2.02. The lowest BCUT2D eigenvalue weighted by atomic mass is 10.2. The first-order chi connectivity index (χ1) is 10.1. The van der Waals surface area contributed by atoms with Gasteiger partial charge in [-0.05, 0) is 25.8 Å². The van der Waals surface area contributed by atoms with E-state index in [0.717, 1.165) is 22.9 Å². The summed E-state index contributed by atoms with van der Waals surface area (Å²) < 4.78 is 0.857. The van der Waals surface area contributed by atoms with Gasteiger partial charge in [-0.2, -0.15) is 0 Å². The molecule has 2 aromatic rings. The summed E-state index contributed by atoms with van der Waals surface area (Å²) in [5, 5.41) is 6.37. The number of nitrogens with one attached hydrogen (secondary N) is 2. The molecule has 0 saturated heterocycles. The predicted octanol–water partition coefficient (Wildman–Crippen LogP) is 1.28. The molecule has 7 heteroatoms. The van der Waals surface area contributed by atoms with Crippen molar-refractivity contribution in [3.05, 3.63) is 23.3 Å².